The SMILES string of the molecule is CC(=O)/C=C/C(C)Sc1ccccc1. The van der Waals surface area contributed by atoms with E-state index >= 15 is 0 Å². The van der Waals surface area contributed by atoms with Crippen LogP contribution < -0.4 is 0 Å². The third-order valence-electron chi connectivity index (χ3n) is 1.67. The van der Waals surface area contributed by atoms with Crippen LogP contribution in [0.4, 0.5) is 0 Å². The van der Waals surface area contributed by atoms with Crippen molar-refractivity contribution in [1.29, 1.82) is 0 Å². The first kappa shape index (κ1) is 11.1. The number of hydrogen-bond acceptors (Lipinski definition) is 2. The average molecular weight is 206 g/mol. The molecule has 0 saturated carbocycles. The van der Waals surface area contributed by atoms with Crippen LogP contribution >= 0.6 is 11.8 Å². The fourth-order valence-corrected chi connectivity index (χ4v) is 1.92. The number of rotatable bonds is 4. The van der Waals surface area contributed by atoms with Crippen molar-refractivity contribution in [3.05, 3.63) is 42.5 Å². The zero-order chi connectivity index (χ0) is 10.4. The van der Waals surface area contributed by atoms with E-state index in [-0.39, 0.29) is 5.78 Å². The monoisotopic (exact) mass is 206 g/mol. The highest BCUT2D eigenvalue weighted by Crippen LogP contribution is 2.23. The molecule has 0 radical (unpaired) electrons. The van der Waals surface area contributed by atoms with Gasteiger partial charge in [-0.2, -0.15) is 0 Å². The lowest BCUT2D eigenvalue weighted by Crippen LogP contribution is -1.91. The molecule has 0 aromatic heterocycles. The summed E-state index contributed by atoms with van der Waals surface area (Å²) in [5.74, 6) is 0.102. The molecule has 0 amide bonds. The van der Waals surface area contributed by atoms with Gasteiger partial charge in [0.2, 0.25) is 0 Å². The van der Waals surface area contributed by atoms with Crippen LogP contribution in [0.2, 0.25) is 0 Å². The van der Waals surface area contributed by atoms with Gasteiger partial charge in [-0.05, 0) is 32.1 Å². The molecule has 1 rings (SSSR count). The summed E-state index contributed by atoms with van der Waals surface area (Å²) >= 11 is 1.75. The molecular formula is C12H14OS. The molecule has 0 aliphatic carbocycles. The maximum Gasteiger partial charge on any atom is 0.152 e. The third-order valence-corrected chi connectivity index (χ3v) is 2.74. The number of allylic oxidation sites excluding steroid dienone is 1. The summed E-state index contributed by atoms with van der Waals surface area (Å²) < 4.78 is 0. The molecule has 74 valence electrons. The van der Waals surface area contributed by atoms with Crippen LogP contribution in [0.1, 0.15) is 13.8 Å². The number of benzene rings is 1. The van der Waals surface area contributed by atoms with E-state index < -0.39 is 0 Å². The van der Waals surface area contributed by atoms with Gasteiger partial charge in [0.25, 0.3) is 0 Å². The Balaban J connectivity index is 2.49. The van der Waals surface area contributed by atoms with E-state index in [0.29, 0.717) is 5.25 Å². The Morgan fingerprint density at radius 1 is 1.36 bits per heavy atom. The second-order valence-electron chi connectivity index (χ2n) is 3.11. The second kappa shape index (κ2) is 5.66. The topological polar surface area (TPSA) is 17.1 Å². The number of carbonyl (C=O) groups is 1. The predicted molar refractivity (Wildman–Crippen MR) is 61.6 cm³/mol. The van der Waals surface area contributed by atoms with Gasteiger partial charge in [-0.15, -0.1) is 11.8 Å². The predicted octanol–water partition coefficient (Wildman–Crippen LogP) is 3.31. The first-order chi connectivity index (χ1) is 6.68. The Morgan fingerprint density at radius 2 is 2.00 bits per heavy atom. The Morgan fingerprint density at radius 3 is 2.57 bits per heavy atom. The van der Waals surface area contributed by atoms with Gasteiger partial charge in [-0.25, -0.2) is 0 Å². The van der Waals surface area contributed by atoms with Gasteiger partial charge in [-0.1, -0.05) is 24.3 Å². The van der Waals surface area contributed by atoms with Crippen LogP contribution in [0.15, 0.2) is 47.4 Å². The average Bonchev–Trinajstić information content (AvgIpc) is 2.16. The molecule has 1 nitrogen and oxygen atoms in total. The van der Waals surface area contributed by atoms with E-state index in [1.807, 2.05) is 24.3 Å². The zero-order valence-electron chi connectivity index (χ0n) is 8.44. The van der Waals surface area contributed by atoms with Crippen molar-refractivity contribution >= 4 is 17.5 Å². The lowest BCUT2D eigenvalue weighted by molar-refractivity contribution is -0.112. The van der Waals surface area contributed by atoms with Crippen molar-refractivity contribution in [1.82, 2.24) is 0 Å². The fraction of sp³-hybridized carbons (Fsp3) is 0.250. The second-order valence-corrected chi connectivity index (χ2v) is 4.56. The van der Waals surface area contributed by atoms with Crippen LogP contribution in [0.25, 0.3) is 0 Å². The van der Waals surface area contributed by atoms with Crippen LogP contribution in [-0.2, 0) is 4.79 Å². The number of carbonyl (C=O) groups excluding carboxylic acids is 1. The molecule has 1 aromatic carbocycles. The number of thioether (sulfide) groups is 1. The van der Waals surface area contributed by atoms with E-state index in [4.69, 9.17) is 0 Å². The molecular weight excluding hydrogens is 192 g/mol. The van der Waals surface area contributed by atoms with Crippen LogP contribution in [0.5, 0.6) is 0 Å². The normalized spacial score (nSPS) is 13.0. The highest BCUT2D eigenvalue weighted by molar-refractivity contribution is 8.00. The standard InChI is InChI=1S/C12H14OS/c1-10(13)8-9-11(2)14-12-6-4-3-5-7-12/h3-9,11H,1-2H3/b9-8+. The Labute approximate surface area is 89.2 Å². The summed E-state index contributed by atoms with van der Waals surface area (Å²) in [6.45, 7) is 3.65. The van der Waals surface area contributed by atoms with E-state index in [1.165, 1.54) is 4.90 Å². The first-order valence-electron chi connectivity index (χ1n) is 4.59. The number of ketones is 1. The van der Waals surface area contributed by atoms with Gasteiger partial charge in [0.1, 0.15) is 0 Å². The van der Waals surface area contributed by atoms with Crippen LogP contribution in [-0.4, -0.2) is 11.0 Å². The van der Waals surface area contributed by atoms with Crippen molar-refractivity contribution in [2.75, 3.05) is 0 Å². The molecule has 1 unspecified atom stereocenters. The minimum atomic E-state index is 0.102. The molecule has 0 bridgehead atoms. The summed E-state index contributed by atoms with van der Waals surface area (Å²) in [5, 5.41) is 0.335. The highest BCUT2D eigenvalue weighted by atomic mass is 32.2. The van der Waals surface area contributed by atoms with E-state index in [0.717, 1.165) is 0 Å². The van der Waals surface area contributed by atoms with Crippen LogP contribution in [0, 0.1) is 0 Å². The maximum absolute atomic E-state index is 10.7. The van der Waals surface area contributed by atoms with E-state index in [9.17, 15) is 4.79 Å². The molecule has 0 heterocycles. The van der Waals surface area contributed by atoms with Gasteiger partial charge < -0.3 is 0 Å². The zero-order valence-corrected chi connectivity index (χ0v) is 9.25. The quantitative estimate of drug-likeness (QED) is 0.555. The van der Waals surface area contributed by atoms with Gasteiger partial charge in [0, 0.05) is 10.1 Å². The number of hydrogen-bond donors (Lipinski definition) is 0. The molecule has 0 spiro atoms. The third kappa shape index (κ3) is 4.28. The molecule has 0 saturated heterocycles. The van der Waals surface area contributed by atoms with Crippen molar-refractivity contribution in [3.8, 4) is 0 Å². The fourth-order valence-electron chi connectivity index (χ4n) is 1.02. The van der Waals surface area contributed by atoms with Crippen molar-refractivity contribution in [2.24, 2.45) is 0 Å². The van der Waals surface area contributed by atoms with Crippen molar-refractivity contribution in [3.63, 3.8) is 0 Å². The van der Waals surface area contributed by atoms with E-state index in [1.54, 1.807) is 24.8 Å². The Hall–Kier alpha value is -1.02. The molecule has 14 heavy (non-hydrogen) atoms. The summed E-state index contributed by atoms with van der Waals surface area (Å²) in [7, 11) is 0. The molecule has 1 atom stereocenters. The van der Waals surface area contributed by atoms with Gasteiger partial charge in [0.15, 0.2) is 5.78 Å². The first-order valence-corrected chi connectivity index (χ1v) is 5.47. The minimum Gasteiger partial charge on any atom is -0.295 e. The lowest BCUT2D eigenvalue weighted by Gasteiger charge is -2.04. The summed E-state index contributed by atoms with van der Waals surface area (Å²) in [6, 6.07) is 10.2. The molecule has 0 aliphatic rings. The molecule has 2 heteroatoms. The molecule has 0 N–H and O–H groups in total. The highest BCUT2D eigenvalue weighted by Gasteiger charge is 1.99. The summed E-state index contributed by atoms with van der Waals surface area (Å²) in [4.78, 5) is 11.9. The largest absolute Gasteiger partial charge is 0.295 e. The van der Waals surface area contributed by atoms with Crippen LogP contribution in [0.3, 0.4) is 0 Å². The van der Waals surface area contributed by atoms with Gasteiger partial charge in [0.05, 0.1) is 0 Å². The van der Waals surface area contributed by atoms with Crippen molar-refractivity contribution < 1.29 is 4.79 Å². The summed E-state index contributed by atoms with van der Waals surface area (Å²) in [5.41, 5.74) is 0. The van der Waals surface area contributed by atoms with Crippen molar-refractivity contribution in [2.45, 2.75) is 24.0 Å². The molecule has 0 aliphatic heterocycles. The minimum absolute atomic E-state index is 0.102. The van der Waals surface area contributed by atoms with E-state index in [2.05, 4.69) is 19.1 Å². The summed E-state index contributed by atoms with van der Waals surface area (Å²) in [6.07, 6.45) is 3.56. The van der Waals surface area contributed by atoms with Gasteiger partial charge >= 0.3 is 0 Å². The van der Waals surface area contributed by atoms with Gasteiger partial charge in [-0.3, -0.25) is 4.79 Å². The maximum atomic E-state index is 10.7. The Bertz CT molecular complexity index is 316. The smallest absolute Gasteiger partial charge is 0.152 e. The molecule has 1 aromatic rings. The Kier molecular flexibility index (Phi) is 4.47. The lowest BCUT2D eigenvalue weighted by atomic mass is 10.3. The molecule has 0 fully saturated rings.